The lowest BCUT2D eigenvalue weighted by atomic mass is 10.1. The highest BCUT2D eigenvalue weighted by Crippen LogP contribution is 2.20. The van der Waals surface area contributed by atoms with Crippen molar-refractivity contribution in [2.24, 2.45) is 5.92 Å². The largest absolute Gasteiger partial charge is 0.380 e. The fourth-order valence-corrected chi connectivity index (χ4v) is 2.23. The van der Waals surface area contributed by atoms with E-state index in [0.29, 0.717) is 12.0 Å². The molecule has 0 radical (unpaired) electrons. The Labute approximate surface area is 110 Å². The monoisotopic (exact) mass is 251 g/mol. The molecule has 0 N–H and O–H groups in total. The van der Waals surface area contributed by atoms with Crippen LogP contribution in [0, 0.1) is 12.8 Å². The second-order valence-corrected chi connectivity index (χ2v) is 4.58. The zero-order valence-electron chi connectivity index (χ0n) is 12.2. The van der Waals surface area contributed by atoms with Crippen molar-refractivity contribution in [3.8, 4) is 0 Å². The van der Waals surface area contributed by atoms with Crippen LogP contribution in [0.25, 0.3) is 0 Å². The van der Waals surface area contributed by atoms with Crippen molar-refractivity contribution >= 4 is 0 Å². The van der Waals surface area contributed by atoms with E-state index in [1.807, 2.05) is 33.2 Å². The molecule has 102 valence electrons. The first kappa shape index (κ1) is 15.1. The van der Waals surface area contributed by atoms with Crippen LogP contribution in [-0.4, -0.2) is 41.2 Å². The molecule has 1 aliphatic rings. The van der Waals surface area contributed by atoms with Gasteiger partial charge in [-0.15, -0.1) is 0 Å². The van der Waals surface area contributed by atoms with E-state index in [1.54, 1.807) is 7.11 Å². The summed E-state index contributed by atoms with van der Waals surface area (Å²) in [4.78, 5) is 10.8. The molecule has 0 unspecified atom stereocenters. The maximum absolute atomic E-state index is 5.44. The molecule has 0 amide bonds. The van der Waals surface area contributed by atoms with E-state index in [-0.39, 0.29) is 0 Å². The molecule has 0 saturated carbocycles. The van der Waals surface area contributed by atoms with E-state index in [1.165, 1.54) is 5.56 Å². The van der Waals surface area contributed by atoms with Gasteiger partial charge in [0.15, 0.2) is 0 Å². The molecule has 1 saturated heterocycles. The van der Waals surface area contributed by atoms with Crippen molar-refractivity contribution in [3.05, 3.63) is 23.8 Å². The Morgan fingerprint density at radius 2 is 1.89 bits per heavy atom. The lowest BCUT2D eigenvalue weighted by molar-refractivity contribution is 0.0833. The lowest BCUT2D eigenvalue weighted by Gasteiger charge is -2.14. The zero-order chi connectivity index (χ0) is 13.5. The lowest BCUT2D eigenvalue weighted by Crippen LogP contribution is -2.22. The van der Waals surface area contributed by atoms with Gasteiger partial charge in [0.2, 0.25) is 0 Å². The minimum atomic E-state index is 0.367. The van der Waals surface area contributed by atoms with Crippen LogP contribution < -0.4 is 0 Å². The Hall–Kier alpha value is -1.00. The molecule has 1 aliphatic heterocycles. The average Bonchev–Trinajstić information content (AvgIpc) is 2.75. The van der Waals surface area contributed by atoms with Gasteiger partial charge in [0.05, 0.1) is 6.10 Å². The molecule has 0 spiro atoms. The van der Waals surface area contributed by atoms with Crippen LogP contribution in [0.2, 0.25) is 0 Å². The highest BCUT2D eigenvalue weighted by Gasteiger charge is 2.29. The molecule has 18 heavy (non-hydrogen) atoms. The highest BCUT2D eigenvalue weighted by atomic mass is 16.5. The van der Waals surface area contributed by atoms with E-state index < -0.39 is 0 Å². The van der Waals surface area contributed by atoms with Gasteiger partial charge in [-0.3, -0.25) is 4.90 Å². The van der Waals surface area contributed by atoms with E-state index in [0.717, 1.165) is 25.5 Å². The number of aromatic nitrogens is 2. The predicted molar refractivity (Wildman–Crippen MR) is 73.4 cm³/mol. The summed E-state index contributed by atoms with van der Waals surface area (Å²) in [5, 5.41) is 0. The minimum absolute atomic E-state index is 0.367. The maximum atomic E-state index is 5.44. The molecule has 1 aromatic heterocycles. The van der Waals surface area contributed by atoms with Crippen LogP contribution in [0.4, 0.5) is 0 Å². The first-order valence-corrected chi connectivity index (χ1v) is 6.71. The average molecular weight is 251 g/mol. The predicted octanol–water partition coefficient (Wildman–Crippen LogP) is 2.28. The Morgan fingerprint density at radius 1 is 1.28 bits per heavy atom. The van der Waals surface area contributed by atoms with E-state index in [9.17, 15) is 0 Å². The number of aryl methyl sites for hydroxylation is 1. The summed E-state index contributed by atoms with van der Waals surface area (Å²) in [7, 11) is 1.79. The molecule has 1 aromatic rings. The van der Waals surface area contributed by atoms with Crippen LogP contribution in [0.15, 0.2) is 12.4 Å². The minimum Gasteiger partial charge on any atom is -0.380 e. The second-order valence-electron chi connectivity index (χ2n) is 4.58. The van der Waals surface area contributed by atoms with E-state index >= 15 is 0 Å². The fraction of sp³-hybridized carbons (Fsp3) is 0.714. The van der Waals surface area contributed by atoms with Crippen molar-refractivity contribution in [3.63, 3.8) is 0 Å². The molecule has 0 aromatic carbocycles. The third kappa shape index (κ3) is 4.03. The number of methoxy groups -OCH3 is 1. The summed E-state index contributed by atoms with van der Waals surface area (Å²) in [6, 6.07) is 0. The van der Waals surface area contributed by atoms with E-state index in [4.69, 9.17) is 4.74 Å². The molecular formula is C14H25N3O. The van der Waals surface area contributed by atoms with Crippen LogP contribution in [0.3, 0.4) is 0 Å². The quantitative estimate of drug-likeness (QED) is 0.826. The Morgan fingerprint density at radius 3 is 2.39 bits per heavy atom. The Kier molecular flexibility index (Phi) is 6.22. The van der Waals surface area contributed by atoms with Gasteiger partial charge in [-0.25, -0.2) is 9.97 Å². The molecule has 0 aliphatic carbocycles. The molecule has 0 bridgehead atoms. The SMILES string of the molecule is CC.CO[C@H]1CN(Cc2cnc(C)nc2)C[C@@H]1C. The number of ether oxygens (including phenoxy) is 1. The third-order valence-corrected chi connectivity index (χ3v) is 3.16. The van der Waals surface area contributed by atoms with Crippen LogP contribution in [0.5, 0.6) is 0 Å². The maximum Gasteiger partial charge on any atom is 0.125 e. The number of nitrogens with zero attached hydrogens (tertiary/aromatic N) is 3. The van der Waals surface area contributed by atoms with Gasteiger partial charge in [0, 0.05) is 44.7 Å². The van der Waals surface area contributed by atoms with Crippen LogP contribution in [0.1, 0.15) is 32.2 Å². The Balaban J connectivity index is 0.000000771. The molecule has 4 nitrogen and oxygen atoms in total. The van der Waals surface area contributed by atoms with E-state index in [2.05, 4.69) is 21.8 Å². The first-order valence-electron chi connectivity index (χ1n) is 6.71. The third-order valence-electron chi connectivity index (χ3n) is 3.16. The normalized spacial score (nSPS) is 23.6. The summed E-state index contributed by atoms with van der Waals surface area (Å²) >= 11 is 0. The topological polar surface area (TPSA) is 38.2 Å². The number of rotatable bonds is 3. The molecule has 4 heteroatoms. The van der Waals surface area contributed by atoms with Gasteiger partial charge < -0.3 is 4.74 Å². The summed E-state index contributed by atoms with van der Waals surface area (Å²) in [6.07, 6.45) is 4.19. The van der Waals surface area contributed by atoms with Crippen molar-refractivity contribution in [2.75, 3.05) is 20.2 Å². The smallest absolute Gasteiger partial charge is 0.125 e. The molecule has 2 rings (SSSR count). The van der Waals surface area contributed by atoms with Crippen molar-refractivity contribution < 1.29 is 4.74 Å². The molecular weight excluding hydrogens is 226 g/mol. The van der Waals surface area contributed by atoms with Crippen LogP contribution in [-0.2, 0) is 11.3 Å². The standard InChI is InChI=1S/C12H19N3O.C2H6/c1-9-6-15(8-12(9)16-3)7-11-4-13-10(2)14-5-11;1-2/h4-5,9,12H,6-8H2,1-3H3;1-2H3/t9-,12-;/m0./s1. The van der Waals surface area contributed by atoms with Gasteiger partial charge in [-0.2, -0.15) is 0 Å². The second kappa shape index (κ2) is 7.44. The highest BCUT2D eigenvalue weighted by molar-refractivity contribution is 5.05. The zero-order valence-corrected chi connectivity index (χ0v) is 12.2. The van der Waals surface area contributed by atoms with Gasteiger partial charge in [0.1, 0.15) is 5.82 Å². The van der Waals surface area contributed by atoms with Crippen LogP contribution >= 0.6 is 0 Å². The number of likely N-dealkylation sites (tertiary alicyclic amines) is 1. The summed E-state index contributed by atoms with van der Waals surface area (Å²) in [5.74, 6) is 1.43. The molecule has 2 atom stereocenters. The summed E-state index contributed by atoms with van der Waals surface area (Å²) in [6.45, 7) is 11.2. The van der Waals surface area contributed by atoms with Gasteiger partial charge in [-0.05, 0) is 12.8 Å². The van der Waals surface area contributed by atoms with Crippen molar-refractivity contribution in [1.29, 1.82) is 0 Å². The summed E-state index contributed by atoms with van der Waals surface area (Å²) in [5.41, 5.74) is 1.18. The Bertz CT molecular complexity index is 339. The van der Waals surface area contributed by atoms with Gasteiger partial charge in [0.25, 0.3) is 0 Å². The number of hydrogen-bond acceptors (Lipinski definition) is 4. The van der Waals surface area contributed by atoms with Crippen molar-refractivity contribution in [1.82, 2.24) is 14.9 Å². The van der Waals surface area contributed by atoms with Gasteiger partial charge >= 0.3 is 0 Å². The number of hydrogen-bond donors (Lipinski definition) is 0. The summed E-state index contributed by atoms with van der Waals surface area (Å²) < 4.78 is 5.44. The molecule has 1 fully saturated rings. The first-order chi connectivity index (χ1) is 8.69. The van der Waals surface area contributed by atoms with Gasteiger partial charge in [-0.1, -0.05) is 20.8 Å². The van der Waals surface area contributed by atoms with Crippen molar-refractivity contribution in [2.45, 2.75) is 40.3 Å². The fourth-order valence-electron chi connectivity index (χ4n) is 2.23. The molecule has 2 heterocycles.